The summed E-state index contributed by atoms with van der Waals surface area (Å²) in [4.78, 5) is 19.0. The summed E-state index contributed by atoms with van der Waals surface area (Å²) in [5.41, 5.74) is 3.90. The van der Waals surface area contributed by atoms with Gasteiger partial charge in [-0.15, -0.1) is 0 Å². The van der Waals surface area contributed by atoms with E-state index in [0.29, 0.717) is 12.2 Å². The molecule has 6 nitrogen and oxygen atoms in total. The average Bonchev–Trinajstić information content (AvgIpc) is 3.09. The number of aromatic nitrogens is 2. The van der Waals surface area contributed by atoms with Gasteiger partial charge >= 0.3 is 5.97 Å². The van der Waals surface area contributed by atoms with E-state index in [-0.39, 0.29) is 17.9 Å². The lowest BCUT2D eigenvalue weighted by atomic mass is 9.69. The predicted molar refractivity (Wildman–Crippen MR) is 122 cm³/mol. The van der Waals surface area contributed by atoms with E-state index >= 15 is 0 Å². The zero-order valence-electron chi connectivity index (χ0n) is 18.0. The zero-order chi connectivity index (χ0) is 21.8. The smallest absolute Gasteiger partial charge is 0.339 e. The van der Waals surface area contributed by atoms with Gasteiger partial charge in [0, 0.05) is 66.6 Å². The van der Waals surface area contributed by atoms with Crippen molar-refractivity contribution in [2.75, 3.05) is 27.3 Å². The van der Waals surface area contributed by atoms with Crippen molar-refractivity contribution >= 4 is 32.8 Å². The molecule has 0 amide bonds. The summed E-state index contributed by atoms with van der Waals surface area (Å²) in [6.07, 6.45) is 7.20. The van der Waals surface area contributed by atoms with Gasteiger partial charge in [-0.3, -0.25) is 9.88 Å². The standard InChI is InChI=1S/C24H26BrN3O3/c1-27-13-17-8-21-24(30-3,19-5-4-6-20(27)22(17)19)9-15(12-28(21)2)14-31-23(29)16-7-18(25)11-26-10-16/h4-7,10-11,13,15,21H,8-9,12,14H2,1-3H3/t15-,21+,24+/m1/s1. The number of carbonyl (C=O) groups is 1. The number of likely N-dealkylation sites (tertiary alicyclic amines) is 1. The highest BCUT2D eigenvalue weighted by atomic mass is 79.9. The number of piperidine rings is 1. The third kappa shape index (κ3) is 3.30. The molecule has 1 saturated heterocycles. The molecule has 3 atom stereocenters. The van der Waals surface area contributed by atoms with Crippen molar-refractivity contribution in [1.29, 1.82) is 0 Å². The molecule has 0 N–H and O–H groups in total. The Labute approximate surface area is 190 Å². The molecule has 0 radical (unpaired) electrons. The van der Waals surface area contributed by atoms with E-state index in [2.05, 4.69) is 68.9 Å². The Kier molecular flexibility index (Phi) is 5.15. The van der Waals surface area contributed by atoms with E-state index < -0.39 is 5.60 Å². The van der Waals surface area contributed by atoms with E-state index in [9.17, 15) is 4.79 Å². The number of ether oxygens (including phenoxy) is 2. The molecular formula is C24H26BrN3O3. The van der Waals surface area contributed by atoms with Gasteiger partial charge in [0.1, 0.15) is 5.60 Å². The summed E-state index contributed by atoms with van der Waals surface area (Å²) in [7, 11) is 6.07. The van der Waals surface area contributed by atoms with Crippen LogP contribution in [0.2, 0.25) is 0 Å². The zero-order valence-corrected chi connectivity index (χ0v) is 19.6. The van der Waals surface area contributed by atoms with Crippen LogP contribution >= 0.6 is 15.9 Å². The van der Waals surface area contributed by atoms with Crippen molar-refractivity contribution in [1.82, 2.24) is 14.5 Å². The number of likely N-dealkylation sites (N-methyl/N-ethyl adjacent to an activating group) is 1. The Hall–Kier alpha value is -2.22. The fourth-order valence-electron chi connectivity index (χ4n) is 5.63. The molecule has 3 heterocycles. The first-order valence-corrected chi connectivity index (χ1v) is 11.3. The summed E-state index contributed by atoms with van der Waals surface area (Å²) in [5.74, 6) is -0.174. The summed E-state index contributed by atoms with van der Waals surface area (Å²) in [5, 5.41) is 1.31. The number of esters is 1. The highest BCUT2D eigenvalue weighted by Crippen LogP contribution is 2.49. The molecule has 7 heteroatoms. The van der Waals surface area contributed by atoms with Gasteiger partial charge in [0.15, 0.2) is 0 Å². The maximum atomic E-state index is 12.5. The molecule has 2 aromatic heterocycles. The maximum Gasteiger partial charge on any atom is 0.339 e. The third-order valence-corrected chi connectivity index (χ3v) is 7.36. The summed E-state index contributed by atoms with van der Waals surface area (Å²) in [6.45, 7) is 1.21. The molecule has 3 aromatic rings. The number of methoxy groups -OCH3 is 1. The summed E-state index contributed by atoms with van der Waals surface area (Å²) >= 11 is 3.35. The Morgan fingerprint density at radius 1 is 1.32 bits per heavy atom. The first-order chi connectivity index (χ1) is 14.9. The van der Waals surface area contributed by atoms with Gasteiger partial charge in [-0.1, -0.05) is 12.1 Å². The van der Waals surface area contributed by atoms with Crippen molar-refractivity contribution in [3.8, 4) is 0 Å². The molecule has 1 aliphatic heterocycles. The molecule has 162 valence electrons. The highest BCUT2D eigenvalue weighted by Gasteiger charge is 2.51. The molecule has 2 aliphatic rings. The molecule has 1 aromatic carbocycles. The summed E-state index contributed by atoms with van der Waals surface area (Å²) < 4.78 is 15.0. The first kappa shape index (κ1) is 20.7. The largest absolute Gasteiger partial charge is 0.462 e. The number of rotatable bonds is 4. The van der Waals surface area contributed by atoms with Crippen LogP contribution in [0.4, 0.5) is 0 Å². The van der Waals surface area contributed by atoms with Crippen LogP contribution < -0.4 is 0 Å². The summed E-state index contributed by atoms with van der Waals surface area (Å²) in [6, 6.07) is 8.47. The lowest BCUT2D eigenvalue weighted by Gasteiger charge is -2.53. The van der Waals surface area contributed by atoms with Crippen molar-refractivity contribution in [3.05, 3.63) is 64.0 Å². The number of carbonyl (C=O) groups excluding carboxylic acids is 1. The second-order valence-corrected chi connectivity index (χ2v) is 9.69. The van der Waals surface area contributed by atoms with Crippen LogP contribution in [0.5, 0.6) is 0 Å². The average molecular weight is 484 g/mol. The third-order valence-electron chi connectivity index (χ3n) is 6.93. The molecule has 0 bridgehead atoms. The van der Waals surface area contributed by atoms with Crippen LogP contribution in [0.3, 0.4) is 0 Å². The number of fused-ring (bicyclic) bond motifs is 2. The maximum absolute atomic E-state index is 12.5. The van der Waals surface area contributed by atoms with Crippen molar-refractivity contribution in [2.45, 2.75) is 24.5 Å². The lowest BCUT2D eigenvalue weighted by molar-refractivity contribution is -0.131. The molecule has 1 aliphatic carbocycles. The van der Waals surface area contributed by atoms with Crippen molar-refractivity contribution in [3.63, 3.8) is 0 Å². The Bertz CT molecular complexity index is 1160. The quantitative estimate of drug-likeness (QED) is 0.526. The highest BCUT2D eigenvalue weighted by molar-refractivity contribution is 9.10. The van der Waals surface area contributed by atoms with Crippen LogP contribution in [-0.2, 0) is 28.5 Å². The number of nitrogens with zero attached hydrogens (tertiary/aromatic N) is 3. The van der Waals surface area contributed by atoms with Crippen LogP contribution in [0.1, 0.15) is 27.9 Å². The molecule has 0 saturated carbocycles. The SMILES string of the molecule is CO[C@]12C[C@@H](COC(=O)c3cncc(Br)c3)CN(C)[C@H]1Cc1cn(C)c3cccc2c13. The van der Waals surface area contributed by atoms with Crippen LogP contribution in [0, 0.1) is 5.92 Å². The Balaban J connectivity index is 1.44. The van der Waals surface area contributed by atoms with Gasteiger partial charge in [-0.25, -0.2) is 4.79 Å². The number of hydrogen-bond acceptors (Lipinski definition) is 5. The molecule has 1 fully saturated rings. The Morgan fingerprint density at radius 2 is 2.16 bits per heavy atom. The topological polar surface area (TPSA) is 56.6 Å². The van der Waals surface area contributed by atoms with Gasteiger partial charge in [-0.05, 0) is 59.1 Å². The number of benzene rings is 1. The number of aryl methyl sites for hydroxylation is 1. The molecule has 5 rings (SSSR count). The normalized spacial score (nSPS) is 25.4. The van der Waals surface area contributed by atoms with Crippen LogP contribution in [-0.4, -0.2) is 53.8 Å². The van der Waals surface area contributed by atoms with E-state index in [1.165, 1.54) is 28.2 Å². The monoisotopic (exact) mass is 483 g/mol. The van der Waals surface area contributed by atoms with E-state index in [0.717, 1.165) is 23.9 Å². The lowest BCUT2D eigenvalue weighted by Crippen LogP contribution is -2.59. The minimum Gasteiger partial charge on any atom is -0.462 e. The van der Waals surface area contributed by atoms with Gasteiger partial charge in [-0.2, -0.15) is 0 Å². The number of pyridine rings is 1. The van der Waals surface area contributed by atoms with E-state index in [4.69, 9.17) is 9.47 Å². The van der Waals surface area contributed by atoms with Crippen molar-refractivity contribution in [2.24, 2.45) is 13.0 Å². The van der Waals surface area contributed by atoms with Gasteiger partial charge in [0.05, 0.1) is 12.2 Å². The van der Waals surface area contributed by atoms with Gasteiger partial charge < -0.3 is 14.0 Å². The van der Waals surface area contributed by atoms with Crippen molar-refractivity contribution < 1.29 is 14.3 Å². The number of hydrogen-bond donors (Lipinski definition) is 0. The first-order valence-electron chi connectivity index (χ1n) is 10.5. The Morgan fingerprint density at radius 3 is 2.94 bits per heavy atom. The second-order valence-electron chi connectivity index (χ2n) is 8.78. The molecule has 0 unspecified atom stereocenters. The molecular weight excluding hydrogens is 458 g/mol. The van der Waals surface area contributed by atoms with Crippen LogP contribution in [0.15, 0.2) is 47.3 Å². The predicted octanol–water partition coefficient (Wildman–Crippen LogP) is 3.91. The van der Waals surface area contributed by atoms with E-state index in [1.54, 1.807) is 12.3 Å². The minimum atomic E-state index is -0.421. The van der Waals surface area contributed by atoms with E-state index in [1.807, 2.05) is 7.11 Å². The number of halogens is 1. The van der Waals surface area contributed by atoms with Crippen LogP contribution in [0.25, 0.3) is 10.9 Å². The van der Waals surface area contributed by atoms with Gasteiger partial charge in [0.2, 0.25) is 0 Å². The molecule has 0 spiro atoms. The minimum absolute atomic E-state index is 0.172. The fraction of sp³-hybridized carbons (Fsp3) is 0.417. The molecule has 31 heavy (non-hydrogen) atoms. The fourth-order valence-corrected chi connectivity index (χ4v) is 5.99. The van der Waals surface area contributed by atoms with Gasteiger partial charge in [0.25, 0.3) is 0 Å². The second kappa shape index (κ2) is 7.73.